The molecule has 0 spiro atoms. The van der Waals surface area contributed by atoms with E-state index in [2.05, 4.69) is 0 Å². The van der Waals surface area contributed by atoms with Crippen molar-refractivity contribution < 1.29 is 24.1 Å². The van der Waals surface area contributed by atoms with Gasteiger partial charge in [0.05, 0.1) is 6.61 Å². The SMILES string of the molecule is COC1OC2COC(C(C)C)OC2C1O. The van der Waals surface area contributed by atoms with E-state index in [1.54, 1.807) is 0 Å². The molecule has 0 aromatic rings. The summed E-state index contributed by atoms with van der Waals surface area (Å²) in [6.07, 6.45) is -2.16. The van der Waals surface area contributed by atoms with Crippen molar-refractivity contribution in [3.8, 4) is 0 Å². The number of aliphatic hydroxyl groups is 1. The van der Waals surface area contributed by atoms with Crippen LogP contribution in [0.1, 0.15) is 13.8 Å². The molecule has 0 aromatic carbocycles. The van der Waals surface area contributed by atoms with Gasteiger partial charge in [0.15, 0.2) is 12.6 Å². The van der Waals surface area contributed by atoms with E-state index in [1.165, 1.54) is 7.11 Å². The molecule has 2 aliphatic rings. The number of aliphatic hydroxyl groups excluding tert-OH is 1. The molecular weight excluding hydrogens is 200 g/mol. The van der Waals surface area contributed by atoms with Gasteiger partial charge in [0.1, 0.15) is 18.3 Å². The van der Waals surface area contributed by atoms with Crippen LogP contribution in [-0.4, -0.2) is 49.7 Å². The Labute approximate surface area is 89.3 Å². The molecule has 5 atom stereocenters. The second-order valence-corrected chi connectivity index (χ2v) is 4.32. The quantitative estimate of drug-likeness (QED) is 0.713. The molecule has 5 heteroatoms. The highest BCUT2D eigenvalue weighted by molar-refractivity contribution is 4.90. The maximum atomic E-state index is 9.85. The zero-order valence-electron chi connectivity index (χ0n) is 9.25. The Hall–Kier alpha value is -0.200. The molecule has 0 bridgehead atoms. The van der Waals surface area contributed by atoms with Crippen LogP contribution in [0.2, 0.25) is 0 Å². The third-order valence-electron chi connectivity index (χ3n) is 2.78. The van der Waals surface area contributed by atoms with Crippen molar-refractivity contribution in [1.82, 2.24) is 0 Å². The molecule has 0 aliphatic carbocycles. The van der Waals surface area contributed by atoms with Crippen molar-refractivity contribution in [3.63, 3.8) is 0 Å². The zero-order valence-corrected chi connectivity index (χ0v) is 9.25. The summed E-state index contributed by atoms with van der Waals surface area (Å²) >= 11 is 0. The lowest BCUT2D eigenvalue weighted by Crippen LogP contribution is -2.47. The van der Waals surface area contributed by atoms with E-state index in [0.717, 1.165) is 0 Å². The second-order valence-electron chi connectivity index (χ2n) is 4.32. The fraction of sp³-hybridized carbons (Fsp3) is 1.00. The van der Waals surface area contributed by atoms with Gasteiger partial charge in [-0.2, -0.15) is 0 Å². The van der Waals surface area contributed by atoms with Crippen LogP contribution in [0, 0.1) is 5.92 Å². The lowest BCUT2D eigenvalue weighted by Gasteiger charge is -2.34. The number of fused-ring (bicyclic) bond motifs is 1. The molecule has 5 nitrogen and oxygen atoms in total. The van der Waals surface area contributed by atoms with E-state index in [0.29, 0.717) is 6.61 Å². The highest BCUT2D eigenvalue weighted by Gasteiger charge is 2.49. The second kappa shape index (κ2) is 4.35. The number of methoxy groups -OCH3 is 1. The highest BCUT2D eigenvalue weighted by atomic mass is 16.8. The van der Waals surface area contributed by atoms with Crippen LogP contribution in [0.15, 0.2) is 0 Å². The lowest BCUT2D eigenvalue weighted by atomic mass is 10.1. The van der Waals surface area contributed by atoms with E-state index in [1.807, 2.05) is 13.8 Å². The normalized spacial score (nSPS) is 45.8. The summed E-state index contributed by atoms with van der Waals surface area (Å²) in [5.41, 5.74) is 0. The van der Waals surface area contributed by atoms with Gasteiger partial charge in [-0.05, 0) is 0 Å². The molecule has 15 heavy (non-hydrogen) atoms. The maximum Gasteiger partial charge on any atom is 0.186 e. The van der Waals surface area contributed by atoms with Gasteiger partial charge in [0, 0.05) is 13.0 Å². The Morgan fingerprint density at radius 2 is 2.07 bits per heavy atom. The van der Waals surface area contributed by atoms with Crippen LogP contribution < -0.4 is 0 Å². The Bertz CT molecular complexity index is 218. The summed E-state index contributed by atoms with van der Waals surface area (Å²) in [6, 6.07) is 0. The van der Waals surface area contributed by atoms with Crippen LogP contribution in [-0.2, 0) is 18.9 Å². The molecule has 0 amide bonds. The molecule has 0 saturated carbocycles. The number of hydrogen-bond donors (Lipinski definition) is 1. The topological polar surface area (TPSA) is 57.2 Å². The molecule has 2 aliphatic heterocycles. The Morgan fingerprint density at radius 1 is 1.33 bits per heavy atom. The minimum absolute atomic E-state index is 0.222. The Kier molecular flexibility index (Phi) is 3.27. The van der Waals surface area contributed by atoms with Crippen molar-refractivity contribution in [2.75, 3.05) is 13.7 Å². The molecule has 2 heterocycles. The predicted octanol–water partition coefficient (Wildman–Crippen LogP) is 0.116. The van der Waals surface area contributed by atoms with Crippen LogP contribution >= 0.6 is 0 Å². The summed E-state index contributed by atoms with van der Waals surface area (Å²) in [6.45, 7) is 4.48. The first kappa shape index (κ1) is 11.3. The monoisotopic (exact) mass is 218 g/mol. The smallest absolute Gasteiger partial charge is 0.186 e. The first-order valence-corrected chi connectivity index (χ1v) is 5.27. The largest absolute Gasteiger partial charge is 0.385 e. The van der Waals surface area contributed by atoms with Crippen LogP contribution in [0.3, 0.4) is 0 Å². The fourth-order valence-electron chi connectivity index (χ4n) is 1.94. The van der Waals surface area contributed by atoms with E-state index in [4.69, 9.17) is 18.9 Å². The van der Waals surface area contributed by atoms with Gasteiger partial charge in [-0.15, -0.1) is 0 Å². The molecule has 2 rings (SSSR count). The maximum absolute atomic E-state index is 9.85. The predicted molar refractivity (Wildman–Crippen MR) is 51.1 cm³/mol. The number of rotatable bonds is 2. The molecule has 0 aromatic heterocycles. The molecule has 2 saturated heterocycles. The fourth-order valence-corrected chi connectivity index (χ4v) is 1.94. The zero-order chi connectivity index (χ0) is 11.0. The number of ether oxygens (including phenoxy) is 4. The van der Waals surface area contributed by atoms with Gasteiger partial charge >= 0.3 is 0 Å². The molecule has 1 N–H and O–H groups in total. The van der Waals surface area contributed by atoms with Gasteiger partial charge in [0.25, 0.3) is 0 Å². The highest BCUT2D eigenvalue weighted by Crippen LogP contribution is 2.31. The van der Waals surface area contributed by atoms with E-state index < -0.39 is 12.4 Å². The van der Waals surface area contributed by atoms with Gasteiger partial charge in [-0.25, -0.2) is 0 Å². The molecule has 2 fully saturated rings. The summed E-state index contributed by atoms with van der Waals surface area (Å²) in [5, 5.41) is 9.85. The van der Waals surface area contributed by atoms with E-state index >= 15 is 0 Å². The third kappa shape index (κ3) is 2.03. The van der Waals surface area contributed by atoms with Gasteiger partial charge < -0.3 is 24.1 Å². The van der Waals surface area contributed by atoms with Crippen molar-refractivity contribution >= 4 is 0 Å². The Balaban J connectivity index is 2.00. The summed E-state index contributed by atoms with van der Waals surface area (Å²) in [7, 11) is 1.51. The van der Waals surface area contributed by atoms with Crippen LogP contribution in [0.25, 0.3) is 0 Å². The summed E-state index contributed by atoms with van der Waals surface area (Å²) < 4.78 is 21.6. The standard InChI is InChI=1S/C10H18O5/c1-5(2)9-13-4-6-8(15-9)7(11)10(12-3)14-6/h5-11H,4H2,1-3H3. The van der Waals surface area contributed by atoms with E-state index in [-0.39, 0.29) is 24.4 Å². The Morgan fingerprint density at radius 3 is 2.67 bits per heavy atom. The number of hydrogen-bond acceptors (Lipinski definition) is 5. The van der Waals surface area contributed by atoms with Crippen LogP contribution in [0.4, 0.5) is 0 Å². The third-order valence-corrected chi connectivity index (χ3v) is 2.78. The first-order valence-electron chi connectivity index (χ1n) is 5.27. The van der Waals surface area contributed by atoms with Gasteiger partial charge in [-0.1, -0.05) is 13.8 Å². The summed E-state index contributed by atoms with van der Waals surface area (Å²) in [4.78, 5) is 0. The average Bonchev–Trinajstić information content (AvgIpc) is 2.55. The van der Waals surface area contributed by atoms with E-state index in [9.17, 15) is 5.11 Å². The first-order chi connectivity index (χ1) is 7.13. The minimum Gasteiger partial charge on any atom is -0.385 e. The molecule has 0 radical (unpaired) electrons. The molecular formula is C10H18O5. The molecule has 5 unspecified atom stereocenters. The van der Waals surface area contributed by atoms with Crippen molar-refractivity contribution in [3.05, 3.63) is 0 Å². The van der Waals surface area contributed by atoms with Crippen molar-refractivity contribution in [2.24, 2.45) is 5.92 Å². The average molecular weight is 218 g/mol. The van der Waals surface area contributed by atoms with Crippen LogP contribution in [0.5, 0.6) is 0 Å². The van der Waals surface area contributed by atoms with Gasteiger partial charge in [-0.3, -0.25) is 0 Å². The summed E-state index contributed by atoms with van der Waals surface area (Å²) in [5.74, 6) is 0.264. The van der Waals surface area contributed by atoms with Gasteiger partial charge in [0.2, 0.25) is 0 Å². The minimum atomic E-state index is -0.731. The lowest BCUT2D eigenvalue weighted by molar-refractivity contribution is -0.263. The van der Waals surface area contributed by atoms with Crippen molar-refractivity contribution in [2.45, 2.75) is 44.7 Å². The van der Waals surface area contributed by atoms with Crippen molar-refractivity contribution in [1.29, 1.82) is 0 Å². The molecule has 88 valence electrons.